The Morgan fingerprint density at radius 2 is 2.09 bits per heavy atom. The van der Waals surface area contributed by atoms with Crippen molar-refractivity contribution in [2.24, 2.45) is 5.92 Å². The first-order valence-electron chi connectivity index (χ1n) is 3.49. The van der Waals surface area contributed by atoms with Gasteiger partial charge in [0.2, 0.25) is 6.04 Å². The van der Waals surface area contributed by atoms with Crippen LogP contribution >= 0.6 is 0 Å². The first-order valence-corrected chi connectivity index (χ1v) is 3.49. The fourth-order valence-electron chi connectivity index (χ4n) is 1.21. The van der Waals surface area contributed by atoms with Crippen molar-refractivity contribution >= 4 is 6.29 Å². The van der Waals surface area contributed by atoms with Gasteiger partial charge in [0, 0.05) is 11.3 Å². The largest absolute Gasteiger partial charge is 0.303 e. The normalized spacial score (nSPS) is 29.8. The molecule has 0 aromatic rings. The summed E-state index contributed by atoms with van der Waals surface area (Å²) in [6, 6.07) is -0.697. The summed E-state index contributed by atoms with van der Waals surface area (Å²) in [6.07, 6.45) is 5.15. The summed E-state index contributed by atoms with van der Waals surface area (Å²) in [7, 11) is 0. The van der Waals surface area contributed by atoms with Crippen LogP contribution in [0.25, 0.3) is 0 Å². The molecule has 1 rings (SSSR count). The van der Waals surface area contributed by atoms with E-state index in [-0.39, 0.29) is 4.92 Å². The first-order chi connectivity index (χ1) is 5.25. The summed E-state index contributed by atoms with van der Waals surface area (Å²) < 4.78 is 0. The van der Waals surface area contributed by atoms with Crippen LogP contribution in [0.1, 0.15) is 12.8 Å². The van der Waals surface area contributed by atoms with Crippen molar-refractivity contribution in [3.63, 3.8) is 0 Å². The molecule has 1 aliphatic rings. The Hall–Kier alpha value is -1.19. The van der Waals surface area contributed by atoms with Crippen LogP contribution in [0.3, 0.4) is 0 Å². The molecule has 0 aromatic heterocycles. The highest BCUT2D eigenvalue weighted by atomic mass is 16.6. The lowest BCUT2D eigenvalue weighted by Crippen LogP contribution is -2.31. The van der Waals surface area contributed by atoms with Crippen LogP contribution in [0.4, 0.5) is 0 Å². The van der Waals surface area contributed by atoms with Crippen molar-refractivity contribution in [1.82, 2.24) is 0 Å². The van der Waals surface area contributed by atoms with Gasteiger partial charge in [-0.1, -0.05) is 12.2 Å². The van der Waals surface area contributed by atoms with Gasteiger partial charge in [-0.05, 0) is 6.42 Å². The number of rotatable bonds is 2. The van der Waals surface area contributed by atoms with Crippen molar-refractivity contribution in [2.75, 3.05) is 0 Å². The van der Waals surface area contributed by atoms with E-state index in [1.165, 1.54) is 0 Å². The SMILES string of the molecule is O=CC1CC=CCC1[N+](=O)[O-]. The van der Waals surface area contributed by atoms with E-state index in [2.05, 4.69) is 0 Å². The monoisotopic (exact) mass is 155 g/mol. The third-order valence-corrected chi connectivity index (χ3v) is 1.89. The van der Waals surface area contributed by atoms with Gasteiger partial charge in [0.15, 0.2) is 0 Å². The molecule has 2 unspecified atom stereocenters. The van der Waals surface area contributed by atoms with Crippen LogP contribution in [0.15, 0.2) is 12.2 Å². The molecular formula is C7H9NO3. The molecule has 0 N–H and O–H groups in total. The molecule has 0 amide bonds. The van der Waals surface area contributed by atoms with Crippen LogP contribution in [0.5, 0.6) is 0 Å². The van der Waals surface area contributed by atoms with Crippen molar-refractivity contribution in [2.45, 2.75) is 18.9 Å². The van der Waals surface area contributed by atoms with Gasteiger partial charge in [-0.2, -0.15) is 0 Å². The summed E-state index contributed by atoms with van der Waals surface area (Å²) in [5.74, 6) is -0.421. The van der Waals surface area contributed by atoms with E-state index in [0.717, 1.165) is 0 Å². The third kappa shape index (κ3) is 1.63. The lowest BCUT2D eigenvalue weighted by Gasteiger charge is -2.15. The second-order valence-electron chi connectivity index (χ2n) is 2.60. The van der Waals surface area contributed by atoms with E-state index in [1.807, 2.05) is 6.08 Å². The maximum atomic E-state index is 10.3. The number of carbonyl (C=O) groups is 1. The highest BCUT2D eigenvalue weighted by molar-refractivity contribution is 5.55. The maximum absolute atomic E-state index is 10.3. The van der Waals surface area contributed by atoms with Gasteiger partial charge >= 0.3 is 0 Å². The number of allylic oxidation sites excluding steroid dienone is 1. The maximum Gasteiger partial charge on any atom is 0.226 e. The Morgan fingerprint density at radius 1 is 1.45 bits per heavy atom. The van der Waals surface area contributed by atoms with Crippen LogP contribution < -0.4 is 0 Å². The quantitative estimate of drug-likeness (QED) is 0.256. The molecule has 0 saturated heterocycles. The number of carbonyl (C=O) groups excluding carboxylic acids is 1. The lowest BCUT2D eigenvalue weighted by atomic mass is 9.91. The molecule has 0 saturated carbocycles. The Morgan fingerprint density at radius 3 is 2.55 bits per heavy atom. The Bertz CT molecular complexity index is 200. The minimum atomic E-state index is -0.697. The first kappa shape index (κ1) is 7.91. The van der Waals surface area contributed by atoms with Gasteiger partial charge in [0.25, 0.3) is 0 Å². The van der Waals surface area contributed by atoms with Crippen molar-refractivity contribution in [3.8, 4) is 0 Å². The van der Waals surface area contributed by atoms with E-state index < -0.39 is 12.0 Å². The molecule has 0 fully saturated rings. The van der Waals surface area contributed by atoms with E-state index in [4.69, 9.17) is 0 Å². The average molecular weight is 155 g/mol. The Kier molecular flexibility index (Phi) is 2.36. The molecule has 0 radical (unpaired) electrons. The summed E-state index contributed by atoms with van der Waals surface area (Å²) in [5.41, 5.74) is 0. The average Bonchev–Trinajstić information content (AvgIpc) is 2.04. The molecule has 0 bridgehead atoms. The van der Waals surface area contributed by atoms with Gasteiger partial charge < -0.3 is 4.79 Å². The van der Waals surface area contributed by atoms with Crippen LogP contribution in [0, 0.1) is 16.0 Å². The van der Waals surface area contributed by atoms with E-state index in [0.29, 0.717) is 19.1 Å². The van der Waals surface area contributed by atoms with Crippen molar-refractivity contribution in [3.05, 3.63) is 22.3 Å². The Balaban J connectivity index is 2.68. The molecule has 4 nitrogen and oxygen atoms in total. The highest BCUT2D eigenvalue weighted by Crippen LogP contribution is 2.19. The molecule has 0 heterocycles. The fraction of sp³-hybridized carbons (Fsp3) is 0.571. The molecule has 11 heavy (non-hydrogen) atoms. The Labute approximate surface area is 64.0 Å². The molecule has 2 atom stereocenters. The minimum absolute atomic E-state index is 0.372. The van der Waals surface area contributed by atoms with E-state index in [1.54, 1.807) is 6.08 Å². The van der Waals surface area contributed by atoms with Gasteiger partial charge in [-0.25, -0.2) is 0 Å². The molecule has 1 aliphatic carbocycles. The van der Waals surface area contributed by atoms with E-state index in [9.17, 15) is 14.9 Å². The number of aldehydes is 1. The predicted octanol–water partition coefficient (Wildman–Crippen LogP) is 0.797. The topological polar surface area (TPSA) is 60.2 Å². The zero-order valence-corrected chi connectivity index (χ0v) is 5.97. The summed E-state index contributed by atoms with van der Waals surface area (Å²) in [6.45, 7) is 0. The minimum Gasteiger partial charge on any atom is -0.303 e. The lowest BCUT2D eigenvalue weighted by molar-refractivity contribution is -0.528. The summed E-state index contributed by atoms with van der Waals surface area (Å²) in [5, 5.41) is 10.3. The van der Waals surface area contributed by atoms with Gasteiger partial charge in [0.1, 0.15) is 6.29 Å². The molecule has 4 heteroatoms. The highest BCUT2D eigenvalue weighted by Gasteiger charge is 2.31. The second-order valence-corrected chi connectivity index (χ2v) is 2.60. The molecule has 0 spiro atoms. The van der Waals surface area contributed by atoms with E-state index >= 15 is 0 Å². The van der Waals surface area contributed by atoms with Gasteiger partial charge in [0.05, 0.1) is 5.92 Å². The smallest absolute Gasteiger partial charge is 0.226 e. The van der Waals surface area contributed by atoms with Crippen LogP contribution in [-0.4, -0.2) is 17.3 Å². The zero-order valence-electron chi connectivity index (χ0n) is 5.97. The predicted molar refractivity (Wildman–Crippen MR) is 38.7 cm³/mol. The fourth-order valence-corrected chi connectivity index (χ4v) is 1.21. The number of nitro groups is 1. The number of nitrogens with zero attached hydrogens (tertiary/aromatic N) is 1. The molecule has 0 aromatic carbocycles. The van der Waals surface area contributed by atoms with Gasteiger partial charge in [-0.3, -0.25) is 10.1 Å². The standard InChI is InChI=1S/C7H9NO3/c9-5-6-3-1-2-4-7(6)8(10)11/h1-2,5-7H,3-4H2. The second kappa shape index (κ2) is 3.27. The molecular weight excluding hydrogens is 146 g/mol. The molecule has 60 valence electrons. The van der Waals surface area contributed by atoms with Crippen LogP contribution in [-0.2, 0) is 4.79 Å². The number of hydrogen-bond acceptors (Lipinski definition) is 3. The summed E-state index contributed by atoms with van der Waals surface area (Å²) >= 11 is 0. The molecule has 0 aliphatic heterocycles. The van der Waals surface area contributed by atoms with Crippen molar-refractivity contribution in [1.29, 1.82) is 0 Å². The summed E-state index contributed by atoms with van der Waals surface area (Å²) in [4.78, 5) is 20.3. The van der Waals surface area contributed by atoms with Gasteiger partial charge in [-0.15, -0.1) is 0 Å². The number of hydrogen-bond donors (Lipinski definition) is 0. The van der Waals surface area contributed by atoms with Crippen LogP contribution in [0.2, 0.25) is 0 Å². The van der Waals surface area contributed by atoms with Crippen molar-refractivity contribution < 1.29 is 9.72 Å². The third-order valence-electron chi connectivity index (χ3n) is 1.89. The zero-order chi connectivity index (χ0) is 8.27.